The van der Waals surface area contributed by atoms with E-state index in [0.29, 0.717) is 18.1 Å². The summed E-state index contributed by atoms with van der Waals surface area (Å²) < 4.78 is 5.14. The van der Waals surface area contributed by atoms with Crippen LogP contribution in [0.4, 0.5) is 0 Å². The Hall–Kier alpha value is -1.79. The van der Waals surface area contributed by atoms with Gasteiger partial charge in [-0.3, -0.25) is 14.4 Å². The van der Waals surface area contributed by atoms with Crippen molar-refractivity contribution in [3.8, 4) is 0 Å². The molecule has 0 aromatic heterocycles. The maximum atomic E-state index is 12.4. The lowest BCUT2D eigenvalue weighted by atomic mass is 10.2. The zero-order valence-electron chi connectivity index (χ0n) is 14.6. The fourth-order valence-corrected chi connectivity index (χ4v) is 3.25. The standard InChI is InChI=1S/C18H22Cl2N2O4/c1-12(18(25)22-8-4-2-3-5-9-22)26-16(23)11-21-17(24)14-7-6-13(19)10-15(14)20/h6-7,10,12H,2-5,8-9,11H2,1H3,(H,21,24). The first-order chi connectivity index (χ1) is 12.4. The van der Waals surface area contributed by atoms with Crippen LogP contribution in [0, 0.1) is 0 Å². The van der Waals surface area contributed by atoms with Crippen molar-refractivity contribution in [1.82, 2.24) is 10.2 Å². The van der Waals surface area contributed by atoms with Crippen molar-refractivity contribution >= 4 is 41.0 Å². The average molecular weight is 401 g/mol. The summed E-state index contributed by atoms with van der Waals surface area (Å²) in [6.45, 7) is 2.57. The second-order valence-corrected chi connectivity index (χ2v) is 7.02. The summed E-state index contributed by atoms with van der Waals surface area (Å²) in [6, 6.07) is 4.44. The number of likely N-dealkylation sites (tertiary alicyclic amines) is 1. The molecule has 1 aromatic carbocycles. The Morgan fingerprint density at radius 2 is 1.81 bits per heavy atom. The number of nitrogens with one attached hydrogen (secondary N) is 1. The smallest absolute Gasteiger partial charge is 0.326 e. The van der Waals surface area contributed by atoms with E-state index in [0.717, 1.165) is 25.7 Å². The molecule has 1 aliphatic heterocycles. The molecule has 0 aliphatic carbocycles. The van der Waals surface area contributed by atoms with Crippen molar-refractivity contribution in [3.63, 3.8) is 0 Å². The van der Waals surface area contributed by atoms with E-state index in [1.54, 1.807) is 11.8 Å². The molecule has 1 unspecified atom stereocenters. The normalized spacial score (nSPS) is 15.7. The molecule has 0 bridgehead atoms. The molecule has 1 atom stereocenters. The lowest BCUT2D eigenvalue weighted by Gasteiger charge is -2.24. The molecule has 0 spiro atoms. The van der Waals surface area contributed by atoms with E-state index in [9.17, 15) is 14.4 Å². The van der Waals surface area contributed by atoms with E-state index in [-0.39, 0.29) is 23.0 Å². The molecule has 1 aromatic rings. The molecule has 142 valence electrons. The fourth-order valence-electron chi connectivity index (χ4n) is 2.76. The molecule has 1 saturated heterocycles. The van der Waals surface area contributed by atoms with Gasteiger partial charge in [0.15, 0.2) is 6.10 Å². The number of rotatable bonds is 5. The number of benzene rings is 1. The molecule has 2 rings (SSSR count). The summed E-state index contributed by atoms with van der Waals surface area (Å²) in [7, 11) is 0. The van der Waals surface area contributed by atoms with Crippen LogP contribution in [0.1, 0.15) is 43.0 Å². The number of ether oxygens (including phenoxy) is 1. The van der Waals surface area contributed by atoms with Gasteiger partial charge in [0.2, 0.25) is 0 Å². The molecular formula is C18H22Cl2N2O4. The summed E-state index contributed by atoms with van der Waals surface area (Å²) in [5, 5.41) is 3.02. The molecule has 8 heteroatoms. The lowest BCUT2D eigenvalue weighted by Crippen LogP contribution is -2.42. The largest absolute Gasteiger partial charge is 0.451 e. The molecule has 1 heterocycles. The molecule has 0 saturated carbocycles. The van der Waals surface area contributed by atoms with Crippen molar-refractivity contribution in [2.45, 2.75) is 38.7 Å². The molecule has 2 amide bonds. The topological polar surface area (TPSA) is 75.7 Å². The maximum absolute atomic E-state index is 12.4. The number of hydrogen-bond acceptors (Lipinski definition) is 4. The third kappa shape index (κ3) is 5.88. The second kappa shape index (κ2) is 9.78. The molecular weight excluding hydrogens is 379 g/mol. The quantitative estimate of drug-likeness (QED) is 0.770. The van der Waals surface area contributed by atoms with Gasteiger partial charge >= 0.3 is 5.97 Å². The molecule has 0 radical (unpaired) electrons. The third-order valence-electron chi connectivity index (χ3n) is 4.14. The van der Waals surface area contributed by atoms with Gasteiger partial charge in [0.05, 0.1) is 10.6 Å². The Labute approximate surface area is 162 Å². The summed E-state index contributed by atoms with van der Waals surface area (Å²) in [5.41, 5.74) is 0.206. The Balaban J connectivity index is 1.81. The molecule has 1 N–H and O–H groups in total. The summed E-state index contributed by atoms with van der Waals surface area (Å²) in [6.07, 6.45) is 3.26. The number of esters is 1. The van der Waals surface area contributed by atoms with Crippen LogP contribution in [0.25, 0.3) is 0 Å². The number of halogens is 2. The monoisotopic (exact) mass is 400 g/mol. The minimum absolute atomic E-state index is 0.188. The Kier molecular flexibility index (Phi) is 7.72. The van der Waals surface area contributed by atoms with E-state index in [1.165, 1.54) is 18.2 Å². The first-order valence-corrected chi connectivity index (χ1v) is 9.35. The van der Waals surface area contributed by atoms with Crippen LogP contribution in [0.2, 0.25) is 10.0 Å². The Morgan fingerprint density at radius 3 is 2.42 bits per heavy atom. The highest BCUT2D eigenvalue weighted by atomic mass is 35.5. The molecule has 1 fully saturated rings. The Morgan fingerprint density at radius 1 is 1.15 bits per heavy atom. The minimum atomic E-state index is -0.878. The van der Waals surface area contributed by atoms with Gasteiger partial charge in [-0.2, -0.15) is 0 Å². The van der Waals surface area contributed by atoms with Crippen LogP contribution < -0.4 is 5.32 Å². The van der Waals surface area contributed by atoms with Gasteiger partial charge < -0.3 is 15.0 Å². The van der Waals surface area contributed by atoms with Gasteiger partial charge in [-0.05, 0) is 38.0 Å². The second-order valence-electron chi connectivity index (χ2n) is 6.18. The van der Waals surface area contributed by atoms with Gasteiger partial charge in [-0.15, -0.1) is 0 Å². The first-order valence-electron chi connectivity index (χ1n) is 8.60. The highest BCUT2D eigenvalue weighted by molar-refractivity contribution is 6.36. The predicted octanol–water partition coefficient (Wildman–Crippen LogP) is 3.06. The number of carbonyl (C=O) groups excluding carboxylic acids is 3. The zero-order chi connectivity index (χ0) is 19.1. The summed E-state index contributed by atoms with van der Waals surface area (Å²) >= 11 is 11.7. The number of carbonyl (C=O) groups is 3. The fraction of sp³-hybridized carbons (Fsp3) is 0.500. The number of nitrogens with zero attached hydrogens (tertiary/aromatic N) is 1. The van der Waals surface area contributed by atoms with Gasteiger partial charge in [-0.1, -0.05) is 36.0 Å². The lowest BCUT2D eigenvalue weighted by molar-refractivity contribution is -0.158. The van der Waals surface area contributed by atoms with Crippen LogP contribution in [0.15, 0.2) is 18.2 Å². The molecule has 1 aliphatic rings. The zero-order valence-corrected chi connectivity index (χ0v) is 16.1. The average Bonchev–Trinajstić information content (AvgIpc) is 2.88. The maximum Gasteiger partial charge on any atom is 0.326 e. The van der Waals surface area contributed by atoms with E-state index < -0.39 is 18.0 Å². The van der Waals surface area contributed by atoms with E-state index in [2.05, 4.69) is 5.32 Å². The summed E-state index contributed by atoms with van der Waals surface area (Å²) in [5.74, 6) is -1.40. The van der Waals surface area contributed by atoms with Crippen LogP contribution in [0.5, 0.6) is 0 Å². The SMILES string of the molecule is CC(OC(=O)CNC(=O)c1ccc(Cl)cc1Cl)C(=O)N1CCCCCC1. The van der Waals surface area contributed by atoms with Crippen molar-refractivity contribution in [2.24, 2.45) is 0 Å². The van der Waals surface area contributed by atoms with Gasteiger partial charge in [-0.25, -0.2) is 0 Å². The van der Waals surface area contributed by atoms with Gasteiger partial charge in [0.25, 0.3) is 11.8 Å². The number of amides is 2. The summed E-state index contributed by atoms with van der Waals surface area (Å²) in [4.78, 5) is 38.1. The van der Waals surface area contributed by atoms with E-state index >= 15 is 0 Å². The highest BCUT2D eigenvalue weighted by Gasteiger charge is 2.24. The first kappa shape index (κ1) is 20.5. The Bertz CT molecular complexity index is 673. The predicted molar refractivity (Wildman–Crippen MR) is 99.4 cm³/mol. The highest BCUT2D eigenvalue weighted by Crippen LogP contribution is 2.20. The van der Waals surface area contributed by atoms with Crippen LogP contribution in [-0.2, 0) is 14.3 Å². The van der Waals surface area contributed by atoms with Gasteiger partial charge in [0, 0.05) is 18.1 Å². The molecule has 26 heavy (non-hydrogen) atoms. The molecule has 6 nitrogen and oxygen atoms in total. The van der Waals surface area contributed by atoms with E-state index in [4.69, 9.17) is 27.9 Å². The van der Waals surface area contributed by atoms with Crippen LogP contribution in [-0.4, -0.2) is 48.4 Å². The number of hydrogen-bond donors (Lipinski definition) is 1. The van der Waals surface area contributed by atoms with Crippen molar-refractivity contribution < 1.29 is 19.1 Å². The van der Waals surface area contributed by atoms with Crippen molar-refractivity contribution in [2.75, 3.05) is 19.6 Å². The van der Waals surface area contributed by atoms with E-state index in [1.807, 2.05) is 0 Å². The van der Waals surface area contributed by atoms with Crippen molar-refractivity contribution in [1.29, 1.82) is 0 Å². The van der Waals surface area contributed by atoms with Gasteiger partial charge in [0.1, 0.15) is 6.54 Å². The third-order valence-corrected chi connectivity index (χ3v) is 4.69. The minimum Gasteiger partial charge on any atom is -0.451 e. The van der Waals surface area contributed by atoms with Crippen LogP contribution in [0.3, 0.4) is 0 Å². The van der Waals surface area contributed by atoms with Crippen LogP contribution >= 0.6 is 23.2 Å². The van der Waals surface area contributed by atoms with Crippen molar-refractivity contribution in [3.05, 3.63) is 33.8 Å².